The van der Waals surface area contributed by atoms with Crippen molar-refractivity contribution in [1.82, 2.24) is 0 Å². The van der Waals surface area contributed by atoms with Crippen LogP contribution in [0.15, 0.2) is 34.4 Å². The van der Waals surface area contributed by atoms with Gasteiger partial charge in [0.25, 0.3) is 0 Å². The summed E-state index contributed by atoms with van der Waals surface area (Å²) in [5, 5.41) is 0.838. The van der Waals surface area contributed by atoms with Gasteiger partial charge in [-0.05, 0) is 17.2 Å². The molecule has 2 bridgehead atoms. The summed E-state index contributed by atoms with van der Waals surface area (Å²) in [6, 6.07) is 0. The zero-order chi connectivity index (χ0) is 6.43. The Morgan fingerprint density at radius 1 is 1.30 bits per heavy atom. The highest BCUT2D eigenvalue weighted by atomic mass is 35.5. The van der Waals surface area contributed by atoms with E-state index in [1.807, 2.05) is 18.2 Å². The Kier molecular flexibility index (Phi) is 2.14. The van der Waals surface area contributed by atoms with Gasteiger partial charge in [-0.2, -0.15) is 0 Å². The van der Waals surface area contributed by atoms with Crippen molar-refractivity contribution in [2.45, 2.75) is 5.38 Å². The van der Waals surface area contributed by atoms with E-state index >= 15 is 0 Å². The third kappa shape index (κ3) is 0.914. The lowest BCUT2D eigenvalue weighted by Crippen LogP contribution is -1.90. The molecule has 0 aliphatic heterocycles. The summed E-state index contributed by atoms with van der Waals surface area (Å²) >= 11 is 11.7. The molecule has 0 nitrogen and oxygen atoms in total. The molecule has 0 aromatic carbocycles. The maximum Gasteiger partial charge on any atom is 0.0850 e. The lowest BCUT2D eigenvalue weighted by atomic mass is 10.3. The fourth-order valence-corrected chi connectivity index (χ4v) is 1.77. The number of alkyl halides is 1. The van der Waals surface area contributed by atoms with Gasteiger partial charge < -0.3 is 0 Å². The lowest BCUT2D eigenvalue weighted by Gasteiger charge is -1.95. The van der Waals surface area contributed by atoms with Gasteiger partial charge in [-0.1, -0.05) is 23.8 Å². The molecule has 0 aromatic rings. The van der Waals surface area contributed by atoms with Gasteiger partial charge in [0.1, 0.15) is 0 Å². The average Bonchev–Trinajstić information content (AvgIpc) is 2.25. The normalized spacial score (nSPS) is 27.0. The monoisotopic (exact) mass is 194 g/mol. The SMILES string of the molecule is Cl.ClC1=C2C=CC(=C1)C2Cl. The van der Waals surface area contributed by atoms with Crippen LogP contribution in [0.25, 0.3) is 0 Å². The van der Waals surface area contributed by atoms with E-state index in [-0.39, 0.29) is 17.8 Å². The van der Waals surface area contributed by atoms with E-state index in [0.29, 0.717) is 0 Å². The molecule has 2 rings (SSSR count). The average molecular weight is 195 g/mol. The zero-order valence-corrected chi connectivity index (χ0v) is 7.30. The van der Waals surface area contributed by atoms with Crippen LogP contribution in [0, 0.1) is 0 Å². The molecule has 2 aliphatic rings. The molecule has 10 heavy (non-hydrogen) atoms. The molecule has 3 heteroatoms. The lowest BCUT2D eigenvalue weighted by molar-refractivity contribution is 1.32. The maximum absolute atomic E-state index is 5.90. The van der Waals surface area contributed by atoms with Crippen molar-refractivity contribution in [3.8, 4) is 0 Å². The molecular weight excluding hydrogens is 190 g/mol. The fraction of sp³-hybridized carbons (Fsp3) is 0.143. The van der Waals surface area contributed by atoms with Crippen molar-refractivity contribution in [2.24, 2.45) is 0 Å². The number of fused-ring (bicyclic) bond motifs is 2. The highest BCUT2D eigenvalue weighted by Gasteiger charge is 2.26. The Bertz CT molecular complexity index is 248. The first-order chi connectivity index (χ1) is 4.29. The van der Waals surface area contributed by atoms with Gasteiger partial charge in [0, 0.05) is 5.03 Å². The van der Waals surface area contributed by atoms with Crippen LogP contribution >= 0.6 is 35.6 Å². The Labute approximate surface area is 75.6 Å². The predicted octanol–water partition coefficient (Wildman–Crippen LogP) is 3.02. The van der Waals surface area contributed by atoms with E-state index in [1.54, 1.807) is 0 Å². The molecule has 1 unspecified atom stereocenters. The van der Waals surface area contributed by atoms with Gasteiger partial charge in [0.05, 0.1) is 5.38 Å². The van der Waals surface area contributed by atoms with E-state index in [1.165, 1.54) is 0 Å². The Morgan fingerprint density at radius 3 is 2.20 bits per heavy atom. The second-order valence-electron chi connectivity index (χ2n) is 2.14. The van der Waals surface area contributed by atoms with Crippen molar-refractivity contribution < 1.29 is 0 Å². The third-order valence-corrected chi connectivity index (χ3v) is 2.40. The van der Waals surface area contributed by atoms with Gasteiger partial charge in [0.15, 0.2) is 0 Å². The van der Waals surface area contributed by atoms with E-state index in [9.17, 15) is 0 Å². The van der Waals surface area contributed by atoms with Crippen molar-refractivity contribution in [1.29, 1.82) is 0 Å². The minimum atomic E-state index is 0. The molecular formula is C7H5Cl3. The standard InChI is InChI=1S/C7H4Cl2.ClH/c8-6-3-4-1-2-5(6)7(4)9;/h1-3,7H;1H. The second kappa shape index (κ2) is 2.61. The Balaban J connectivity index is 0.000000500. The van der Waals surface area contributed by atoms with Crippen LogP contribution in [0.3, 0.4) is 0 Å². The van der Waals surface area contributed by atoms with Crippen LogP contribution in [0.2, 0.25) is 0 Å². The van der Waals surface area contributed by atoms with Crippen LogP contribution in [0.5, 0.6) is 0 Å². The summed E-state index contributed by atoms with van der Waals surface area (Å²) in [5.74, 6) is 0. The molecule has 0 saturated heterocycles. The maximum atomic E-state index is 5.90. The largest absolute Gasteiger partial charge is 0.147 e. The summed E-state index contributed by atoms with van der Waals surface area (Å²) in [6.07, 6.45) is 5.88. The molecule has 54 valence electrons. The molecule has 1 atom stereocenters. The van der Waals surface area contributed by atoms with Gasteiger partial charge in [0.2, 0.25) is 0 Å². The van der Waals surface area contributed by atoms with Crippen LogP contribution in [0.4, 0.5) is 0 Å². The Morgan fingerprint density at radius 2 is 2.00 bits per heavy atom. The van der Waals surface area contributed by atoms with Crippen LogP contribution in [0.1, 0.15) is 0 Å². The number of hydrogen-bond acceptors (Lipinski definition) is 0. The zero-order valence-electron chi connectivity index (χ0n) is 4.97. The van der Waals surface area contributed by atoms with Crippen molar-refractivity contribution >= 4 is 35.6 Å². The highest BCUT2D eigenvalue weighted by molar-refractivity contribution is 6.35. The summed E-state index contributed by atoms with van der Waals surface area (Å²) in [5.41, 5.74) is 2.17. The first-order valence-corrected chi connectivity index (χ1v) is 3.54. The van der Waals surface area contributed by atoms with E-state index in [4.69, 9.17) is 23.2 Å². The second-order valence-corrected chi connectivity index (χ2v) is 2.99. The Hall–Kier alpha value is 0.0900. The summed E-state index contributed by atoms with van der Waals surface area (Å²) in [7, 11) is 0. The highest BCUT2D eigenvalue weighted by Crippen LogP contribution is 2.38. The first kappa shape index (κ1) is 8.19. The smallest absolute Gasteiger partial charge is 0.0850 e. The molecule has 0 aromatic heterocycles. The molecule has 0 amide bonds. The minimum absolute atomic E-state index is 0. The van der Waals surface area contributed by atoms with Crippen molar-refractivity contribution in [3.63, 3.8) is 0 Å². The first-order valence-electron chi connectivity index (χ1n) is 2.72. The van der Waals surface area contributed by atoms with Gasteiger partial charge in [-0.15, -0.1) is 24.0 Å². The summed E-state index contributed by atoms with van der Waals surface area (Å²) < 4.78 is 0. The number of allylic oxidation sites excluding steroid dienone is 6. The van der Waals surface area contributed by atoms with Gasteiger partial charge in [-0.25, -0.2) is 0 Å². The van der Waals surface area contributed by atoms with Crippen LogP contribution < -0.4 is 0 Å². The van der Waals surface area contributed by atoms with Gasteiger partial charge >= 0.3 is 0 Å². The molecule has 2 aliphatic carbocycles. The number of rotatable bonds is 0. The van der Waals surface area contributed by atoms with Crippen LogP contribution in [-0.4, -0.2) is 5.38 Å². The molecule has 0 heterocycles. The van der Waals surface area contributed by atoms with Crippen molar-refractivity contribution in [3.05, 3.63) is 34.4 Å². The fourth-order valence-electron chi connectivity index (χ4n) is 1.09. The third-order valence-electron chi connectivity index (χ3n) is 1.59. The van der Waals surface area contributed by atoms with E-state index < -0.39 is 0 Å². The number of hydrogen-bond donors (Lipinski definition) is 0. The number of halogens is 3. The van der Waals surface area contributed by atoms with Gasteiger partial charge in [-0.3, -0.25) is 0 Å². The molecule has 0 radical (unpaired) electrons. The molecule has 0 saturated carbocycles. The van der Waals surface area contributed by atoms with Crippen LogP contribution in [-0.2, 0) is 0 Å². The molecule has 0 N–H and O–H groups in total. The summed E-state index contributed by atoms with van der Waals surface area (Å²) in [4.78, 5) is 0. The predicted molar refractivity (Wildman–Crippen MR) is 47.0 cm³/mol. The summed E-state index contributed by atoms with van der Waals surface area (Å²) in [6.45, 7) is 0. The van der Waals surface area contributed by atoms with E-state index in [0.717, 1.165) is 16.2 Å². The molecule has 0 fully saturated rings. The van der Waals surface area contributed by atoms with E-state index in [2.05, 4.69) is 0 Å². The quantitative estimate of drug-likeness (QED) is 0.521. The van der Waals surface area contributed by atoms with Crippen molar-refractivity contribution in [2.75, 3.05) is 0 Å². The molecule has 0 spiro atoms. The minimum Gasteiger partial charge on any atom is -0.147 e. The topological polar surface area (TPSA) is 0 Å².